The quantitative estimate of drug-likeness (QED) is 0.0397. The first kappa shape index (κ1) is 74.4. The highest BCUT2D eigenvalue weighted by Gasteiger charge is 2.64. The molecule has 30 heteroatoms. The fourth-order valence-electron chi connectivity index (χ4n) is 7.34. The first-order chi connectivity index (χ1) is 39.8. The summed E-state index contributed by atoms with van der Waals surface area (Å²) in [6, 6.07) is 21.0. The molecule has 9 rings (SSSR count). The van der Waals surface area contributed by atoms with Crippen molar-refractivity contribution in [2.45, 2.75) is 151 Å². The summed E-state index contributed by atoms with van der Waals surface area (Å²) in [5, 5.41) is 19.8. The molecule has 0 bridgehead atoms. The van der Waals surface area contributed by atoms with E-state index in [9.17, 15) is 14.4 Å². The molecule has 0 spiro atoms. The first-order valence-electron chi connectivity index (χ1n) is 26.8. The Kier molecular flexibility index (Phi) is 29.3. The second kappa shape index (κ2) is 33.5. The molecule has 2 saturated carbocycles. The van der Waals surface area contributed by atoms with Crippen LogP contribution in [-0.4, -0.2) is 156 Å². The van der Waals surface area contributed by atoms with E-state index in [0.29, 0.717) is 56.4 Å². The molecular formula is C55H73B5Br2N6O15S2. The third-order valence-electron chi connectivity index (χ3n) is 13.5. The Hall–Kier alpha value is -4.87. The smallest absolute Gasteiger partial charge is 0.491 e. The van der Waals surface area contributed by atoms with Crippen LogP contribution in [0.1, 0.15) is 119 Å². The lowest BCUT2D eigenvalue weighted by Crippen LogP contribution is -2.41. The van der Waals surface area contributed by atoms with Crippen molar-refractivity contribution < 1.29 is 70.2 Å². The van der Waals surface area contributed by atoms with Crippen LogP contribution in [0.15, 0.2) is 129 Å². The molecule has 454 valence electrons. The van der Waals surface area contributed by atoms with Gasteiger partial charge in [-0.1, -0.05) is 43.0 Å². The normalized spacial score (nSPS) is 17.1. The zero-order chi connectivity index (χ0) is 64.0. The zero-order valence-corrected chi connectivity index (χ0v) is 54.8. The van der Waals surface area contributed by atoms with Crippen molar-refractivity contribution in [3.63, 3.8) is 0 Å². The van der Waals surface area contributed by atoms with Crippen molar-refractivity contribution in [3.05, 3.63) is 136 Å². The molecule has 2 saturated heterocycles. The number of hydrogen-bond donors (Lipinski definition) is 2. The van der Waals surface area contributed by atoms with Crippen LogP contribution in [0.2, 0.25) is 0 Å². The average molecular weight is 1340 g/mol. The van der Waals surface area contributed by atoms with Crippen molar-refractivity contribution in [1.82, 2.24) is 29.9 Å². The topological polar surface area (TPSA) is 291 Å². The van der Waals surface area contributed by atoms with Gasteiger partial charge in [-0.2, -0.15) is 0 Å². The third kappa shape index (κ3) is 22.7. The van der Waals surface area contributed by atoms with Gasteiger partial charge in [0.25, 0.3) is 0 Å². The second-order valence-corrected chi connectivity index (χ2v) is 26.1. The van der Waals surface area contributed by atoms with E-state index in [4.69, 9.17) is 55.8 Å². The maximum Gasteiger partial charge on any atom is 0.491 e. The third-order valence-corrected chi connectivity index (χ3v) is 16.2. The monoisotopic (exact) mass is 1330 g/mol. The fraction of sp³-hybridized carbons (Fsp3) is 0.473. The number of carbonyl (C=O) groups is 3. The summed E-state index contributed by atoms with van der Waals surface area (Å²) in [7, 11) is 1.54. The van der Waals surface area contributed by atoms with E-state index in [2.05, 4.69) is 132 Å². The van der Waals surface area contributed by atoms with E-state index in [1.54, 1.807) is 45.6 Å². The number of carbonyl (C=O) groups excluding carboxylic acids is 3. The number of benzene rings is 2. The number of ether oxygens (including phenoxy) is 3. The molecular weight excluding hydrogens is 1260 g/mol. The van der Waals surface area contributed by atoms with Gasteiger partial charge in [0.2, 0.25) is 0 Å². The van der Waals surface area contributed by atoms with E-state index in [0.717, 1.165) is 21.8 Å². The zero-order valence-electron chi connectivity index (χ0n) is 50.0. The number of hydrogen-bond acceptors (Lipinski definition) is 21. The van der Waals surface area contributed by atoms with Gasteiger partial charge in [-0.15, -0.1) is 0 Å². The van der Waals surface area contributed by atoms with Crippen molar-refractivity contribution in [2.75, 3.05) is 26.1 Å². The van der Waals surface area contributed by atoms with E-state index < -0.39 is 42.1 Å². The molecule has 4 aliphatic rings. The van der Waals surface area contributed by atoms with E-state index >= 15 is 0 Å². The van der Waals surface area contributed by atoms with Gasteiger partial charge in [0.05, 0.1) is 72.2 Å². The molecule has 4 fully saturated rings. The summed E-state index contributed by atoms with van der Waals surface area (Å²) in [4.78, 5) is 61.3. The Labute approximate surface area is 523 Å². The van der Waals surface area contributed by atoms with Gasteiger partial charge in [-0.05, 0) is 158 Å². The highest BCUT2D eigenvalue weighted by atomic mass is 79.9. The maximum absolute atomic E-state index is 11.7. The van der Waals surface area contributed by atoms with Crippen LogP contribution < -0.4 is 5.46 Å². The minimum Gasteiger partial charge on any atom is -0.748 e. The summed E-state index contributed by atoms with van der Waals surface area (Å²) >= 11 is 6.46. The molecule has 5 aromatic rings. The van der Waals surface area contributed by atoms with Gasteiger partial charge < -0.3 is 47.4 Å². The van der Waals surface area contributed by atoms with Crippen LogP contribution in [0.5, 0.6) is 0 Å². The fourth-order valence-corrected chi connectivity index (χ4v) is 9.31. The number of nitrogens with zero attached hydrogens (tertiary/aromatic N) is 6. The van der Waals surface area contributed by atoms with Crippen molar-refractivity contribution >= 4 is 113 Å². The molecule has 0 atom stereocenters. The molecule has 2 aromatic carbocycles. The predicted molar refractivity (Wildman–Crippen MR) is 333 cm³/mol. The lowest BCUT2D eigenvalue weighted by molar-refractivity contribution is -0.147. The Balaban J connectivity index is 0.000000271. The van der Waals surface area contributed by atoms with Crippen LogP contribution >= 0.6 is 31.9 Å². The molecule has 85 heavy (non-hydrogen) atoms. The van der Waals surface area contributed by atoms with E-state index in [1.807, 2.05) is 72.9 Å². The Bertz CT molecular complexity index is 2890. The second-order valence-electron chi connectivity index (χ2n) is 20.9. The highest BCUT2D eigenvalue weighted by molar-refractivity contribution is 9.10. The molecule has 21 nitrogen and oxygen atoms in total. The van der Waals surface area contributed by atoms with Gasteiger partial charge in [0.1, 0.15) is 40.1 Å². The summed E-state index contributed by atoms with van der Waals surface area (Å²) in [5.41, 5.74) is -2.51. The lowest BCUT2D eigenvalue weighted by Gasteiger charge is -2.32. The van der Waals surface area contributed by atoms with Gasteiger partial charge in [0.15, 0.2) is 9.79 Å². The van der Waals surface area contributed by atoms with Crippen LogP contribution in [0.3, 0.4) is 0 Å². The molecule has 3 aromatic heterocycles. The number of halogens is 2. The summed E-state index contributed by atoms with van der Waals surface area (Å²) in [6.45, 7) is 26.6. The predicted octanol–water partition coefficient (Wildman–Crippen LogP) is 6.45. The minimum atomic E-state index is -3.92. The molecule has 5 heterocycles. The maximum atomic E-state index is 11.7. The molecule has 0 unspecified atom stereocenters. The summed E-state index contributed by atoms with van der Waals surface area (Å²) < 4.78 is 67.4. The summed E-state index contributed by atoms with van der Waals surface area (Å²) in [6.07, 6.45) is 12.8. The number of aromatic nitrogens is 6. The Morgan fingerprint density at radius 2 is 0.941 bits per heavy atom. The SMILES string of the molecule is C=C[S+](c1ccccc1)c1ccccc1.CC1(C)OB(B2OC(C)(C)C(C)(C)O2)OC1(C)C.CCOC(=O)C1(c2ncc(B(O)O)cn2)CC1.CCOC(=O)C1(c2ncc(Br)cn2)CC1.CCOC(=O)Cc1ncc(Br)cn1.CS(=O)(=O)[O-].[B][B]. The van der Waals surface area contributed by atoms with Crippen molar-refractivity contribution in [2.24, 2.45) is 0 Å². The average Bonchev–Trinajstić information content (AvgIpc) is 1.84. The first-order valence-corrected chi connectivity index (χ1v) is 31.5. The van der Waals surface area contributed by atoms with Gasteiger partial charge >= 0.3 is 39.0 Å². The standard InChI is InChI=1S/C14H13S.C12H24B2O4.C10H13BN2O4.C10H11BrN2O2.C8H9BrN2O2.CH4O3S.B2/c1-2-15(13-9-5-3-6-10-13)14-11-7-4-8-12-14;1-9(2)10(3,4)16-13(15-9)14-17-11(5,6)12(7,8)18-14;1-2-17-9(14)10(3-4-10)8-12-5-7(6-13-8)11(15)16;1-2-15-9(14)10(3-4-10)8-12-5-7(11)6-13-8;1-2-13-8(12)3-7-10-4-6(9)5-11-7;1-5(2,3)4;1-2/h2-12H,1H2;1-8H3;5-6,15-16H,2-4H2,1H3;5-6H,2-4H2,1H3;4-5H,2-3H2,1H3;1H3,(H,2,3,4);/q+1;;;;;;/p-1. The number of rotatable bonds is 14. The Morgan fingerprint density at radius 1 is 0.635 bits per heavy atom. The number of esters is 3. The van der Waals surface area contributed by atoms with Gasteiger partial charge in [0, 0.05) is 64.4 Å². The minimum absolute atomic E-state index is 0.00568. The van der Waals surface area contributed by atoms with Crippen LogP contribution in [0, 0.1) is 0 Å². The molecule has 4 radical (unpaired) electrons. The van der Waals surface area contributed by atoms with Crippen LogP contribution in [-0.2, 0) is 85.5 Å². The molecule has 2 aliphatic heterocycles. The molecule has 2 N–H and O–H groups in total. The summed E-state index contributed by atoms with van der Waals surface area (Å²) in [5.74, 6) is 0.626. The highest BCUT2D eigenvalue weighted by Crippen LogP contribution is 2.48. The van der Waals surface area contributed by atoms with Crippen LogP contribution in [0.4, 0.5) is 0 Å². The lowest BCUT2D eigenvalue weighted by atomic mass is 9.49. The van der Waals surface area contributed by atoms with E-state index in [-0.39, 0.29) is 63.1 Å². The van der Waals surface area contributed by atoms with Crippen molar-refractivity contribution in [3.8, 4) is 0 Å². The Morgan fingerprint density at radius 3 is 1.22 bits per heavy atom. The molecule has 0 amide bonds. The van der Waals surface area contributed by atoms with Gasteiger partial charge in [-0.3, -0.25) is 14.4 Å². The van der Waals surface area contributed by atoms with Gasteiger partial charge in [-0.25, -0.2) is 38.3 Å². The molecule has 2 aliphatic carbocycles. The van der Waals surface area contributed by atoms with Crippen LogP contribution in [0.25, 0.3) is 0 Å². The van der Waals surface area contributed by atoms with Crippen molar-refractivity contribution in [1.29, 1.82) is 0 Å². The van der Waals surface area contributed by atoms with E-state index in [1.165, 1.54) is 22.2 Å². The largest absolute Gasteiger partial charge is 0.748 e.